The minimum atomic E-state index is -0.695. The first-order chi connectivity index (χ1) is 34.2. The van der Waals surface area contributed by atoms with Crippen LogP contribution in [0.4, 0.5) is 0 Å². The molecule has 0 bridgehead atoms. The van der Waals surface area contributed by atoms with Crippen molar-refractivity contribution in [1.82, 2.24) is 0 Å². The van der Waals surface area contributed by atoms with Crippen molar-refractivity contribution in [2.75, 3.05) is 46.2 Å². The number of ether oxygens (including phenoxy) is 7. The number of hydrogen-bond acceptors (Lipinski definition) is 16. The molecule has 0 atom stereocenters. The Hall–Kier alpha value is -6.39. The topological polar surface area (TPSA) is 187 Å². The Labute approximate surface area is 410 Å². The molecular weight excluding hydrogens is 905 g/mol. The van der Waals surface area contributed by atoms with Gasteiger partial charge in [0.1, 0.15) is 23.0 Å². The average Bonchev–Trinajstić information content (AvgIpc) is 3.38. The quantitative estimate of drug-likeness (QED) is 0.0109. The van der Waals surface area contributed by atoms with Crippen molar-refractivity contribution in [3.05, 3.63) is 98.1 Å². The van der Waals surface area contributed by atoms with E-state index in [1.807, 2.05) is 12.1 Å². The first-order valence-corrected chi connectivity index (χ1v) is 24.5. The van der Waals surface area contributed by atoms with Crippen molar-refractivity contribution >= 4 is 29.8 Å². The molecule has 0 aromatic heterocycles. The molecule has 2 aliphatic carbocycles. The largest absolute Gasteiger partial charge is 0.494 e. The normalized spacial score (nSPS) is 17.5. The molecular formula is C54H68O16. The third-order valence-electron chi connectivity index (χ3n) is 12.0. The molecule has 2 aliphatic rings. The lowest BCUT2D eigenvalue weighted by Crippen LogP contribution is -2.28. The summed E-state index contributed by atoms with van der Waals surface area (Å²) in [5, 5.41) is 0. The zero-order valence-corrected chi connectivity index (χ0v) is 40.1. The summed E-state index contributed by atoms with van der Waals surface area (Å²) < 4.78 is 37.8. The van der Waals surface area contributed by atoms with E-state index in [-0.39, 0.29) is 35.4 Å². The molecule has 0 unspecified atom stereocenters. The van der Waals surface area contributed by atoms with Gasteiger partial charge in [-0.05, 0) is 187 Å². The van der Waals surface area contributed by atoms with Gasteiger partial charge in [-0.25, -0.2) is 14.4 Å². The number of unbranched alkanes of at least 4 members (excludes halogenated alkanes) is 6. The van der Waals surface area contributed by atoms with Gasteiger partial charge in [0.2, 0.25) is 0 Å². The lowest BCUT2D eigenvalue weighted by atomic mass is 9.82. The van der Waals surface area contributed by atoms with Gasteiger partial charge < -0.3 is 42.9 Å². The molecule has 3 aromatic rings. The maximum Gasteiger partial charge on any atom is 0.349 e. The Kier molecular flexibility index (Phi) is 24.7. The number of rotatable bonds is 32. The maximum atomic E-state index is 12.9. The van der Waals surface area contributed by atoms with Crippen LogP contribution in [0.3, 0.4) is 0 Å². The highest BCUT2D eigenvalue weighted by Gasteiger charge is 2.30. The molecule has 5 rings (SSSR count). The van der Waals surface area contributed by atoms with E-state index in [4.69, 9.17) is 52.7 Å². The Morgan fingerprint density at radius 2 is 0.800 bits per heavy atom. The minimum Gasteiger partial charge on any atom is -0.494 e. The van der Waals surface area contributed by atoms with E-state index in [1.54, 1.807) is 60.7 Å². The fourth-order valence-electron chi connectivity index (χ4n) is 7.85. The predicted octanol–water partition coefficient (Wildman–Crippen LogP) is 10.0. The lowest BCUT2D eigenvalue weighted by Gasteiger charge is -2.26. The van der Waals surface area contributed by atoms with Gasteiger partial charge >= 0.3 is 29.8 Å². The molecule has 0 spiro atoms. The highest BCUT2D eigenvalue weighted by molar-refractivity contribution is 5.81. The third-order valence-corrected chi connectivity index (χ3v) is 12.0. The summed E-state index contributed by atoms with van der Waals surface area (Å²) >= 11 is 0. The Morgan fingerprint density at radius 3 is 1.23 bits per heavy atom. The van der Waals surface area contributed by atoms with Crippen LogP contribution in [0.5, 0.6) is 34.5 Å². The molecule has 0 saturated heterocycles. The molecule has 70 heavy (non-hydrogen) atoms. The lowest BCUT2D eigenvalue weighted by molar-refractivity contribution is -0.218. The minimum absolute atomic E-state index is 0.192. The van der Waals surface area contributed by atoms with Crippen LogP contribution >= 0.6 is 0 Å². The van der Waals surface area contributed by atoms with Crippen LogP contribution < -0.4 is 28.7 Å². The van der Waals surface area contributed by atoms with Gasteiger partial charge in [-0.3, -0.25) is 9.59 Å². The average molecular weight is 973 g/mol. The molecule has 0 amide bonds. The van der Waals surface area contributed by atoms with Crippen molar-refractivity contribution in [2.24, 2.45) is 23.7 Å². The van der Waals surface area contributed by atoms with Gasteiger partial charge in [-0.1, -0.05) is 13.2 Å². The summed E-state index contributed by atoms with van der Waals surface area (Å²) in [7, 11) is 0. The highest BCUT2D eigenvalue weighted by Crippen LogP contribution is 2.32. The van der Waals surface area contributed by atoms with Gasteiger partial charge in [0.05, 0.1) is 51.5 Å². The van der Waals surface area contributed by atoms with Crippen LogP contribution in [0.25, 0.3) is 0 Å². The fourth-order valence-corrected chi connectivity index (χ4v) is 7.85. The van der Waals surface area contributed by atoms with Gasteiger partial charge in [0.25, 0.3) is 0 Å². The first-order valence-electron chi connectivity index (χ1n) is 24.5. The van der Waals surface area contributed by atoms with Crippen molar-refractivity contribution < 1.29 is 76.7 Å². The van der Waals surface area contributed by atoms with Crippen molar-refractivity contribution in [1.29, 1.82) is 0 Å². The predicted molar refractivity (Wildman–Crippen MR) is 256 cm³/mol. The molecule has 2 saturated carbocycles. The Balaban J connectivity index is 0.842. The van der Waals surface area contributed by atoms with Crippen LogP contribution in [0.1, 0.15) is 103 Å². The number of carbonyl (C=O) groups excluding carboxylic acids is 5. The van der Waals surface area contributed by atoms with Crippen LogP contribution in [0.15, 0.2) is 98.1 Å². The molecule has 0 N–H and O–H groups in total. The summed E-state index contributed by atoms with van der Waals surface area (Å²) in [6, 6.07) is 20.6. The second-order valence-corrected chi connectivity index (χ2v) is 17.4. The summed E-state index contributed by atoms with van der Waals surface area (Å²) in [6.07, 6.45) is 15.2. The molecule has 0 heterocycles. The smallest absolute Gasteiger partial charge is 0.349 e. The van der Waals surface area contributed by atoms with Crippen molar-refractivity contribution in [3.63, 3.8) is 0 Å². The maximum absolute atomic E-state index is 12.9. The van der Waals surface area contributed by atoms with Crippen molar-refractivity contribution in [2.45, 2.75) is 103 Å². The van der Waals surface area contributed by atoms with Gasteiger partial charge in [-0.15, -0.1) is 0 Å². The van der Waals surface area contributed by atoms with E-state index in [9.17, 15) is 24.0 Å². The first kappa shape index (κ1) is 54.5. The summed E-state index contributed by atoms with van der Waals surface area (Å²) in [5.41, 5.74) is 0. The van der Waals surface area contributed by atoms with E-state index >= 15 is 0 Å². The van der Waals surface area contributed by atoms with E-state index in [1.165, 1.54) is 0 Å². The third kappa shape index (κ3) is 21.5. The Bertz CT molecular complexity index is 2040. The number of esters is 5. The Morgan fingerprint density at radius 1 is 0.429 bits per heavy atom. The SMILES string of the molecule is C=CC(=O)OCCCCCCOc1ccc(OOCC2CCC(C(=O)OCC(=O)Oc3ccc(OOCC4CCC(C(=O)Oc5ccc(OCCCCCCOC(=O)C=C)cc5)CC4)cc3)CC2)cc1. The van der Waals surface area contributed by atoms with E-state index < -0.39 is 30.5 Å². The number of benzene rings is 3. The number of hydrogen-bond donors (Lipinski definition) is 0. The molecule has 0 aliphatic heterocycles. The molecule has 3 aromatic carbocycles. The molecule has 2 fully saturated rings. The van der Waals surface area contributed by atoms with Gasteiger partial charge in [0, 0.05) is 12.2 Å². The fraction of sp³-hybridized carbons (Fsp3) is 0.500. The summed E-state index contributed by atoms with van der Waals surface area (Å²) in [4.78, 5) is 82.1. The highest BCUT2D eigenvalue weighted by atomic mass is 17.2. The molecule has 380 valence electrons. The van der Waals surface area contributed by atoms with Crippen LogP contribution in [0.2, 0.25) is 0 Å². The zero-order valence-electron chi connectivity index (χ0n) is 40.1. The molecule has 16 nitrogen and oxygen atoms in total. The summed E-state index contributed by atoms with van der Waals surface area (Å²) in [5.74, 6) is 0.961. The second kappa shape index (κ2) is 31.7. The molecule has 0 radical (unpaired) electrons. The van der Waals surface area contributed by atoms with E-state index in [2.05, 4.69) is 13.2 Å². The van der Waals surface area contributed by atoms with Crippen LogP contribution in [-0.4, -0.2) is 76.1 Å². The van der Waals surface area contributed by atoms with Crippen LogP contribution in [0, 0.1) is 23.7 Å². The monoisotopic (exact) mass is 972 g/mol. The zero-order chi connectivity index (χ0) is 49.6. The van der Waals surface area contributed by atoms with E-state index in [0.717, 1.165) is 95.0 Å². The molecule has 16 heteroatoms. The van der Waals surface area contributed by atoms with Crippen molar-refractivity contribution in [3.8, 4) is 34.5 Å². The second-order valence-electron chi connectivity index (χ2n) is 17.4. The summed E-state index contributed by atoms with van der Waals surface area (Å²) in [6.45, 7) is 8.94. The standard InChI is InChI=1S/C54H68O16/c1-3-50(55)62-35-11-7-5-9-33-60-44-21-25-47(26-22-44)68-54(59)43-19-15-41(16-20-43)38-66-70-49-31-27-46(28-32-49)67-52(57)39-64-53(58)42-17-13-40(14-18-42)37-65-69-48-29-23-45(24-30-48)61-34-10-6-8-12-36-63-51(56)4-2/h3-4,21-32,40-43H,1-2,5-20,33-39H2. The van der Waals surface area contributed by atoms with Gasteiger partial charge in [0.15, 0.2) is 18.1 Å². The number of carbonyl (C=O) groups is 5. The van der Waals surface area contributed by atoms with E-state index in [0.29, 0.717) is 88.3 Å². The van der Waals surface area contributed by atoms with Gasteiger partial charge in [-0.2, -0.15) is 9.78 Å². The van der Waals surface area contributed by atoms with Crippen LogP contribution in [-0.2, 0) is 48.0 Å².